The minimum Gasteiger partial charge on any atom is -0.464 e. The van der Waals surface area contributed by atoms with Crippen molar-refractivity contribution in [1.82, 2.24) is 4.31 Å². The number of carbonyl (C=O) groups is 1. The molecule has 0 aliphatic heterocycles. The molecule has 0 bridgehead atoms. The van der Waals surface area contributed by atoms with Crippen molar-refractivity contribution in [3.8, 4) is 0 Å². The quantitative estimate of drug-likeness (QED) is 0.729. The minimum atomic E-state index is -3.73. The van der Waals surface area contributed by atoms with Crippen molar-refractivity contribution in [2.24, 2.45) is 0 Å². The molecule has 1 aliphatic rings. The molecular weight excluding hydrogens is 222 g/mol. The number of sulfonamides is 1. The van der Waals surface area contributed by atoms with Crippen LogP contribution in [0.25, 0.3) is 0 Å². The van der Waals surface area contributed by atoms with E-state index in [-0.39, 0.29) is 18.6 Å². The van der Waals surface area contributed by atoms with Crippen LogP contribution >= 0.6 is 0 Å². The monoisotopic (exact) mass is 237 g/mol. The molecule has 7 heteroatoms. The third-order valence-corrected chi connectivity index (χ3v) is 4.35. The van der Waals surface area contributed by atoms with Gasteiger partial charge in [-0.05, 0) is 19.3 Å². The summed E-state index contributed by atoms with van der Waals surface area (Å²) in [5.74, 6) is -0.175. The number of hydrogen-bond donors (Lipinski definition) is 2. The smallest absolute Gasteiger partial charge is 0.421 e. The Balaban J connectivity index is 2.79. The summed E-state index contributed by atoms with van der Waals surface area (Å²) >= 11 is 0. The van der Waals surface area contributed by atoms with Crippen LogP contribution in [0.5, 0.6) is 0 Å². The Labute approximate surface area is 88.6 Å². The van der Waals surface area contributed by atoms with Crippen molar-refractivity contribution in [3.05, 3.63) is 0 Å². The fourth-order valence-electron chi connectivity index (χ4n) is 1.61. The average molecular weight is 237 g/mol. The zero-order chi connectivity index (χ0) is 11.6. The molecule has 0 spiro atoms. The predicted octanol–water partition coefficient (Wildman–Crippen LogP) is 0.230. The van der Waals surface area contributed by atoms with Gasteiger partial charge in [0.2, 0.25) is 10.0 Å². The molecule has 0 atom stereocenters. The van der Waals surface area contributed by atoms with Crippen molar-refractivity contribution in [2.45, 2.75) is 38.3 Å². The summed E-state index contributed by atoms with van der Waals surface area (Å²) in [6, 6.07) is -0.589. The van der Waals surface area contributed by atoms with Gasteiger partial charge in [-0.1, -0.05) is 6.92 Å². The molecule has 1 rings (SSSR count). The summed E-state index contributed by atoms with van der Waals surface area (Å²) in [5.41, 5.74) is 0. The second-order valence-electron chi connectivity index (χ2n) is 3.67. The van der Waals surface area contributed by atoms with Gasteiger partial charge in [0, 0.05) is 0 Å². The van der Waals surface area contributed by atoms with Gasteiger partial charge in [0.1, 0.15) is 0 Å². The largest absolute Gasteiger partial charge is 0.464 e. The Kier molecular flexibility index (Phi) is 3.56. The Morgan fingerprint density at radius 1 is 1.47 bits per heavy atom. The zero-order valence-corrected chi connectivity index (χ0v) is 9.27. The molecule has 1 fully saturated rings. The first-order valence-corrected chi connectivity index (χ1v) is 6.42. The lowest BCUT2D eigenvalue weighted by Crippen LogP contribution is -2.52. The SMILES string of the molecule is CCCS(=O)(=O)N(C(=O)O)C1CC(O)C1. The van der Waals surface area contributed by atoms with Crippen molar-refractivity contribution in [3.63, 3.8) is 0 Å². The fraction of sp³-hybridized carbons (Fsp3) is 0.875. The van der Waals surface area contributed by atoms with Gasteiger partial charge in [-0.3, -0.25) is 0 Å². The van der Waals surface area contributed by atoms with Gasteiger partial charge in [0.05, 0.1) is 17.9 Å². The summed E-state index contributed by atoms with van der Waals surface area (Å²) in [6.45, 7) is 1.67. The maximum atomic E-state index is 11.6. The molecule has 0 aromatic heterocycles. The third-order valence-electron chi connectivity index (χ3n) is 2.37. The second kappa shape index (κ2) is 4.36. The van der Waals surface area contributed by atoms with Crippen molar-refractivity contribution >= 4 is 16.1 Å². The van der Waals surface area contributed by atoms with E-state index in [9.17, 15) is 13.2 Å². The maximum Gasteiger partial charge on any atom is 0.421 e. The molecule has 1 amide bonds. The second-order valence-corrected chi connectivity index (χ2v) is 5.64. The van der Waals surface area contributed by atoms with Crippen molar-refractivity contribution in [1.29, 1.82) is 0 Å². The first kappa shape index (κ1) is 12.3. The molecule has 1 aliphatic carbocycles. The number of nitrogens with zero attached hydrogens (tertiary/aromatic N) is 1. The first-order valence-electron chi connectivity index (χ1n) is 4.81. The third kappa shape index (κ3) is 2.60. The fourth-order valence-corrected chi connectivity index (χ4v) is 3.19. The highest BCUT2D eigenvalue weighted by Gasteiger charge is 2.41. The van der Waals surface area contributed by atoms with E-state index < -0.39 is 28.3 Å². The van der Waals surface area contributed by atoms with Gasteiger partial charge in [-0.2, -0.15) is 0 Å². The topological polar surface area (TPSA) is 94.9 Å². The molecule has 1 saturated carbocycles. The van der Waals surface area contributed by atoms with E-state index in [0.29, 0.717) is 10.7 Å². The van der Waals surface area contributed by atoms with Crippen LogP contribution in [0.1, 0.15) is 26.2 Å². The average Bonchev–Trinajstić information content (AvgIpc) is 1.99. The van der Waals surface area contributed by atoms with Crippen molar-refractivity contribution in [2.75, 3.05) is 5.75 Å². The molecule has 0 unspecified atom stereocenters. The maximum absolute atomic E-state index is 11.6. The first-order chi connectivity index (χ1) is 6.88. The van der Waals surface area contributed by atoms with Gasteiger partial charge in [0.15, 0.2) is 0 Å². The molecule has 0 aromatic rings. The number of carboxylic acid groups (broad SMARTS) is 1. The summed E-state index contributed by atoms with van der Waals surface area (Å²) in [5, 5.41) is 17.9. The normalized spacial score (nSPS) is 25.7. The van der Waals surface area contributed by atoms with E-state index in [1.54, 1.807) is 6.92 Å². The standard InChI is InChI=1S/C8H15NO5S/c1-2-3-15(13,14)9(8(11)12)6-4-7(10)5-6/h6-7,10H,2-5H2,1H3,(H,11,12). The van der Waals surface area contributed by atoms with Crippen LogP contribution in [0.4, 0.5) is 4.79 Å². The highest BCUT2D eigenvalue weighted by molar-refractivity contribution is 7.89. The summed E-state index contributed by atoms with van der Waals surface area (Å²) in [6.07, 6.45) is -1.25. The Hall–Kier alpha value is -0.820. The van der Waals surface area contributed by atoms with E-state index >= 15 is 0 Å². The van der Waals surface area contributed by atoms with E-state index in [0.717, 1.165) is 0 Å². The van der Waals surface area contributed by atoms with Crippen LogP contribution in [0.15, 0.2) is 0 Å². The molecule has 0 radical (unpaired) electrons. The van der Waals surface area contributed by atoms with Crippen LogP contribution in [-0.2, 0) is 10.0 Å². The van der Waals surface area contributed by atoms with Gasteiger partial charge >= 0.3 is 6.09 Å². The lowest BCUT2D eigenvalue weighted by Gasteiger charge is -2.37. The highest BCUT2D eigenvalue weighted by Crippen LogP contribution is 2.28. The van der Waals surface area contributed by atoms with Crippen LogP contribution in [0.2, 0.25) is 0 Å². The molecule has 0 heterocycles. The summed E-state index contributed by atoms with van der Waals surface area (Å²) in [4.78, 5) is 10.8. The highest BCUT2D eigenvalue weighted by atomic mass is 32.2. The Bertz CT molecular complexity index is 333. The number of aliphatic hydroxyl groups excluding tert-OH is 1. The minimum absolute atomic E-state index is 0.175. The van der Waals surface area contributed by atoms with Gasteiger partial charge in [-0.25, -0.2) is 17.5 Å². The molecule has 2 N–H and O–H groups in total. The number of rotatable bonds is 4. The number of aliphatic hydroxyl groups is 1. The van der Waals surface area contributed by atoms with Gasteiger partial charge in [-0.15, -0.1) is 0 Å². The molecular formula is C8H15NO5S. The van der Waals surface area contributed by atoms with E-state index in [4.69, 9.17) is 10.2 Å². The molecule has 0 aromatic carbocycles. The molecule has 88 valence electrons. The van der Waals surface area contributed by atoms with Gasteiger partial charge in [0.25, 0.3) is 0 Å². The Morgan fingerprint density at radius 3 is 2.33 bits per heavy atom. The predicted molar refractivity (Wildman–Crippen MR) is 53.0 cm³/mol. The van der Waals surface area contributed by atoms with Crippen LogP contribution in [-0.4, -0.2) is 46.9 Å². The summed E-state index contributed by atoms with van der Waals surface area (Å²) in [7, 11) is -3.73. The van der Waals surface area contributed by atoms with Crippen LogP contribution in [0.3, 0.4) is 0 Å². The molecule has 15 heavy (non-hydrogen) atoms. The van der Waals surface area contributed by atoms with E-state index in [1.807, 2.05) is 0 Å². The number of amides is 1. The number of hydrogen-bond acceptors (Lipinski definition) is 4. The van der Waals surface area contributed by atoms with E-state index in [1.165, 1.54) is 0 Å². The van der Waals surface area contributed by atoms with Crippen molar-refractivity contribution < 1.29 is 23.4 Å². The van der Waals surface area contributed by atoms with Gasteiger partial charge < -0.3 is 10.2 Å². The Morgan fingerprint density at radius 2 is 2.00 bits per heavy atom. The van der Waals surface area contributed by atoms with E-state index in [2.05, 4.69) is 0 Å². The molecule has 0 saturated heterocycles. The lowest BCUT2D eigenvalue weighted by atomic mass is 9.90. The van der Waals surface area contributed by atoms with Crippen LogP contribution in [0, 0.1) is 0 Å². The zero-order valence-electron chi connectivity index (χ0n) is 8.46. The lowest BCUT2D eigenvalue weighted by molar-refractivity contribution is 0.0347. The van der Waals surface area contributed by atoms with Crippen LogP contribution < -0.4 is 0 Å². The molecule has 6 nitrogen and oxygen atoms in total. The summed E-state index contributed by atoms with van der Waals surface area (Å²) < 4.78 is 23.6.